The van der Waals surface area contributed by atoms with Crippen molar-refractivity contribution in [2.24, 2.45) is 5.73 Å². The van der Waals surface area contributed by atoms with Crippen LogP contribution in [-0.4, -0.2) is 17.8 Å². The third-order valence-electron chi connectivity index (χ3n) is 3.13. The molecule has 0 saturated heterocycles. The van der Waals surface area contributed by atoms with Gasteiger partial charge in [-0.15, -0.1) is 0 Å². The van der Waals surface area contributed by atoms with Crippen molar-refractivity contribution in [1.82, 2.24) is 0 Å². The third-order valence-corrected chi connectivity index (χ3v) is 3.82. The molecule has 1 aromatic rings. The van der Waals surface area contributed by atoms with Crippen molar-refractivity contribution in [3.8, 4) is 0 Å². The predicted octanol–water partition coefficient (Wildman–Crippen LogP) is 2.44. The second kappa shape index (κ2) is 5.10. The quantitative estimate of drug-likeness (QED) is 0.884. The van der Waals surface area contributed by atoms with E-state index in [0.29, 0.717) is 6.42 Å². The molecule has 0 aliphatic rings. The standard InChI is InChI=1S/C12H18BrNO/c1-9(14)12(2,7-8-15)10-5-3-4-6-11(10)13/h3-6,9,15H,7-8,14H2,1-2H3. The van der Waals surface area contributed by atoms with Crippen molar-refractivity contribution in [3.05, 3.63) is 34.3 Å². The predicted molar refractivity (Wildman–Crippen MR) is 66.8 cm³/mol. The fourth-order valence-electron chi connectivity index (χ4n) is 1.76. The first kappa shape index (κ1) is 12.7. The van der Waals surface area contributed by atoms with Crippen LogP contribution in [0.5, 0.6) is 0 Å². The Balaban J connectivity index is 3.15. The summed E-state index contributed by atoms with van der Waals surface area (Å²) >= 11 is 3.53. The molecule has 0 fully saturated rings. The van der Waals surface area contributed by atoms with Gasteiger partial charge in [0.1, 0.15) is 0 Å². The molecule has 0 bridgehead atoms. The molecular formula is C12H18BrNO. The van der Waals surface area contributed by atoms with Crippen LogP contribution in [0.15, 0.2) is 28.7 Å². The van der Waals surface area contributed by atoms with Gasteiger partial charge >= 0.3 is 0 Å². The van der Waals surface area contributed by atoms with Crippen LogP contribution >= 0.6 is 15.9 Å². The maximum Gasteiger partial charge on any atom is 0.0440 e. The first-order valence-corrected chi connectivity index (χ1v) is 5.93. The molecule has 0 spiro atoms. The number of aliphatic hydroxyl groups excluding tert-OH is 1. The summed E-state index contributed by atoms with van der Waals surface area (Å²) in [5, 5.41) is 9.13. The van der Waals surface area contributed by atoms with Gasteiger partial charge in [-0.25, -0.2) is 0 Å². The van der Waals surface area contributed by atoms with Crippen LogP contribution in [0, 0.1) is 0 Å². The zero-order valence-corrected chi connectivity index (χ0v) is 10.8. The van der Waals surface area contributed by atoms with Gasteiger partial charge in [-0.05, 0) is 25.0 Å². The minimum Gasteiger partial charge on any atom is -0.396 e. The summed E-state index contributed by atoms with van der Waals surface area (Å²) in [4.78, 5) is 0. The highest BCUT2D eigenvalue weighted by Gasteiger charge is 2.31. The fraction of sp³-hybridized carbons (Fsp3) is 0.500. The summed E-state index contributed by atoms with van der Waals surface area (Å²) in [5.41, 5.74) is 7.00. The number of hydrogen-bond donors (Lipinski definition) is 2. The van der Waals surface area contributed by atoms with E-state index >= 15 is 0 Å². The van der Waals surface area contributed by atoms with Gasteiger partial charge in [-0.3, -0.25) is 0 Å². The lowest BCUT2D eigenvalue weighted by Crippen LogP contribution is -2.42. The monoisotopic (exact) mass is 271 g/mol. The van der Waals surface area contributed by atoms with E-state index in [2.05, 4.69) is 28.9 Å². The molecule has 0 saturated carbocycles. The summed E-state index contributed by atoms with van der Waals surface area (Å²) in [6.07, 6.45) is 0.674. The molecule has 1 rings (SSSR count). The summed E-state index contributed by atoms with van der Waals surface area (Å²) < 4.78 is 1.05. The number of nitrogens with two attached hydrogens (primary N) is 1. The third kappa shape index (κ3) is 2.60. The van der Waals surface area contributed by atoms with Crippen molar-refractivity contribution in [1.29, 1.82) is 0 Å². The highest BCUT2D eigenvalue weighted by atomic mass is 79.9. The molecule has 84 valence electrons. The van der Waals surface area contributed by atoms with Gasteiger partial charge in [-0.1, -0.05) is 41.1 Å². The molecule has 1 aromatic carbocycles. The highest BCUT2D eigenvalue weighted by molar-refractivity contribution is 9.10. The average molecular weight is 272 g/mol. The maximum absolute atomic E-state index is 9.13. The van der Waals surface area contributed by atoms with Crippen LogP contribution in [0.2, 0.25) is 0 Å². The van der Waals surface area contributed by atoms with Crippen molar-refractivity contribution in [2.45, 2.75) is 31.7 Å². The lowest BCUT2D eigenvalue weighted by atomic mass is 9.74. The zero-order valence-electron chi connectivity index (χ0n) is 9.20. The molecule has 3 N–H and O–H groups in total. The minimum absolute atomic E-state index is 0.00310. The van der Waals surface area contributed by atoms with Gasteiger partial charge in [-0.2, -0.15) is 0 Å². The van der Waals surface area contributed by atoms with E-state index in [1.807, 2.05) is 25.1 Å². The number of halogens is 1. The van der Waals surface area contributed by atoms with Gasteiger partial charge in [0.05, 0.1) is 0 Å². The molecule has 2 atom stereocenters. The van der Waals surface area contributed by atoms with E-state index in [-0.39, 0.29) is 18.1 Å². The summed E-state index contributed by atoms with van der Waals surface area (Å²) in [6.45, 7) is 4.22. The average Bonchev–Trinajstić information content (AvgIpc) is 2.18. The van der Waals surface area contributed by atoms with Gasteiger partial charge in [0, 0.05) is 22.5 Å². The van der Waals surface area contributed by atoms with E-state index in [9.17, 15) is 0 Å². The first-order valence-electron chi connectivity index (χ1n) is 5.14. The molecular weight excluding hydrogens is 254 g/mol. The smallest absolute Gasteiger partial charge is 0.0440 e. The van der Waals surface area contributed by atoms with E-state index in [1.165, 1.54) is 0 Å². The Morgan fingerprint density at radius 3 is 2.53 bits per heavy atom. The minimum atomic E-state index is -0.186. The number of rotatable bonds is 4. The van der Waals surface area contributed by atoms with Gasteiger partial charge in [0.25, 0.3) is 0 Å². The van der Waals surface area contributed by atoms with Crippen LogP contribution < -0.4 is 5.73 Å². The number of aliphatic hydroxyl groups is 1. The van der Waals surface area contributed by atoms with Crippen LogP contribution in [0.1, 0.15) is 25.8 Å². The second-order valence-corrected chi connectivity index (χ2v) is 5.01. The topological polar surface area (TPSA) is 46.2 Å². The molecule has 0 heterocycles. The number of benzene rings is 1. The van der Waals surface area contributed by atoms with Crippen LogP contribution in [0.25, 0.3) is 0 Å². The molecule has 0 radical (unpaired) electrons. The Hall–Kier alpha value is -0.380. The SMILES string of the molecule is CC(N)C(C)(CCO)c1ccccc1Br. The largest absolute Gasteiger partial charge is 0.396 e. The molecule has 15 heavy (non-hydrogen) atoms. The Kier molecular flexibility index (Phi) is 4.32. The van der Waals surface area contributed by atoms with Crippen LogP contribution in [0.3, 0.4) is 0 Å². The molecule has 2 nitrogen and oxygen atoms in total. The van der Waals surface area contributed by atoms with E-state index in [0.717, 1.165) is 10.0 Å². The highest BCUT2D eigenvalue weighted by Crippen LogP contribution is 2.35. The lowest BCUT2D eigenvalue weighted by molar-refractivity contribution is 0.229. The Morgan fingerprint density at radius 1 is 1.47 bits per heavy atom. The summed E-state index contributed by atoms with van der Waals surface area (Å²) in [7, 11) is 0. The molecule has 0 aliphatic heterocycles. The molecule has 2 unspecified atom stereocenters. The Bertz CT molecular complexity index is 327. The second-order valence-electron chi connectivity index (χ2n) is 4.16. The molecule has 0 aliphatic carbocycles. The normalized spacial score (nSPS) is 17.1. The van der Waals surface area contributed by atoms with Gasteiger partial charge in [0.15, 0.2) is 0 Å². The van der Waals surface area contributed by atoms with Crippen molar-refractivity contribution >= 4 is 15.9 Å². The Morgan fingerprint density at radius 2 is 2.07 bits per heavy atom. The van der Waals surface area contributed by atoms with Crippen molar-refractivity contribution < 1.29 is 5.11 Å². The van der Waals surface area contributed by atoms with Crippen LogP contribution in [0.4, 0.5) is 0 Å². The van der Waals surface area contributed by atoms with E-state index in [4.69, 9.17) is 10.8 Å². The number of hydrogen-bond acceptors (Lipinski definition) is 2. The first-order chi connectivity index (χ1) is 7.02. The van der Waals surface area contributed by atoms with Crippen molar-refractivity contribution in [3.63, 3.8) is 0 Å². The maximum atomic E-state index is 9.13. The zero-order chi connectivity index (χ0) is 11.5. The van der Waals surface area contributed by atoms with E-state index in [1.54, 1.807) is 0 Å². The van der Waals surface area contributed by atoms with E-state index < -0.39 is 0 Å². The summed E-state index contributed by atoms with van der Waals surface area (Å²) in [5.74, 6) is 0. The molecule has 0 aromatic heterocycles. The van der Waals surface area contributed by atoms with Gasteiger partial charge in [0.2, 0.25) is 0 Å². The van der Waals surface area contributed by atoms with Gasteiger partial charge < -0.3 is 10.8 Å². The molecule has 0 amide bonds. The van der Waals surface area contributed by atoms with Crippen LogP contribution in [-0.2, 0) is 5.41 Å². The fourth-order valence-corrected chi connectivity index (χ4v) is 2.50. The molecule has 3 heteroatoms. The lowest BCUT2D eigenvalue weighted by Gasteiger charge is -2.34. The van der Waals surface area contributed by atoms with Crippen molar-refractivity contribution in [2.75, 3.05) is 6.61 Å². The Labute approximate surface area is 99.6 Å². The summed E-state index contributed by atoms with van der Waals surface area (Å²) in [6, 6.07) is 8.05.